The van der Waals surface area contributed by atoms with Crippen LogP contribution in [-0.4, -0.2) is 51.4 Å². The highest BCUT2D eigenvalue weighted by molar-refractivity contribution is 7.89. The van der Waals surface area contributed by atoms with E-state index in [0.29, 0.717) is 18.4 Å². The van der Waals surface area contributed by atoms with Gasteiger partial charge >= 0.3 is 0 Å². The molecule has 0 spiro atoms. The Bertz CT molecular complexity index is 1020. The molecule has 1 heterocycles. The third kappa shape index (κ3) is 7.89. The molecule has 186 valence electrons. The Hall–Kier alpha value is -2.29. The maximum atomic E-state index is 14.1. The van der Waals surface area contributed by atoms with Gasteiger partial charge < -0.3 is 10.2 Å². The van der Waals surface area contributed by atoms with Crippen LogP contribution >= 0.6 is 0 Å². The second-order valence-electron chi connectivity index (χ2n) is 9.50. The molecule has 0 radical (unpaired) electrons. The molecule has 34 heavy (non-hydrogen) atoms. The maximum Gasteiger partial charge on any atom is 0.244 e. The van der Waals surface area contributed by atoms with Crippen molar-refractivity contribution in [1.82, 2.24) is 14.9 Å². The van der Waals surface area contributed by atoms with Crippen molar-refractivity contribution in [2.24, 2.45) is 11.8 Å². The van der Waals surface area contributed by atoms with Crippen LogP contribution in [0.15, 0.2) is 59.5 Å². The van der Waals surface area contributed by atoms with Crippen molar-refractivity contribution >= 4 is 15.9 Å². The van der Waals surface area contributed by atoms with Crippen molar-refractivity contribution in [3.63, 3.8) is 0 Å². The third-order valence-corrected chi connectivity index (χ3v) is 7.67. The minimum Gasteiger partial charge on any atom is -0.355 e. The first kappa shape index (κ1) is 26.3. The average molecular weight is 490 g/mol. The molecule has 0 aliphatic carbocycles. The molecule has 6 nitrogen and oxygen atoms in total. The normalized spacial score (nSPS) is 20.1. The van der Waals surface area contributed by atoms with E-state index in [1.165, 1.54) is 24.6 Å². The van der Waals surface area contributed by atoms with Crippen molar-refractivity contribution in [2.75, 3.05) is 26.2 Å². The lowest BCUT2D eigenvalue weighted by atomic mass is 9.92. The Balaban J connectivity index is 1.57. The number of nitrogens with zero attached hydrogens (tertiary/aromatic N) is 1. The predicted molar refractivity (Wildman–Crippen MR) is 132 cm³/mol. The Morgan fingerprint density at radius 2 is 1.68 bits per heavy atom. The summed E-state index contributed by atoms with van der Waals surface area (Å²) in [7, 11) is -4.21. The van der Waals surface area contributed by atoms with Crippen LogP contribution in [0.25, 0.3) is 0 Å². The third-order valence-electron chi connectivity index (χ3n) is 6.17. The van der Waals surface area contributed by atoms with Crippen LogP contribution in [0.5, 0.6) is 0 Å². The van der Waals surface area contributed by atoms with Crippen molar-refractivity contribution in [2.45, 2.75) is 50.5 Å². The van der Waals surface area contributed by atoms with Crippen LogP contribution in [-0.2, 0) is 21.2 Å². The van der Waals surface area contributed by atoms with E-state index >= 15 is 0 Å². The Labute approximate surface area is 203 Å². The molecule has 3 atom stereocenters. The van der Waals surface area contributed by atoms with E-state index in [1.807, 2.05) is 30.3 Å². The van der Waals surface area contributed by atoms with Crippen molar-refractivity contribution < 1.29 is 17.6 Å². The van der Waals surface area contributed by atoms with E-state index in [9.17, 15) is 17.6 Å². The quantitative estimate of drug-likeness (QED) is 0.473. The molecule has 0 aromatic heterocycles. The van der Waals surface area contributed by atoms with E-state index in [1.54, 1.807) is 0 Å². The molecule has 1 aliphatic heterocycles. The van der Waals surface area contributed by atoms with E-state index < -0.39 is 32.7 Å². The zero-order chi connectivity index (χ0) is 24.6. The van der Waals surface area contributed by atoms with Crippen molar-refractivity contribution in [1.29, 1.82) is 0 Å². The Kier molecular flexibility index (Phi) is 9.62. The van der Waals surface area contributed by atoms with Gasteiger partial charge in [-0.15, -0.1) is 0 Å². The topological polar surface area (TPSA) is 78.5 Å². The lowest BCUT2D eigenvalue weighted by Gasteiger charge is -2.34. The van der Waals surface area contributed by atoms with Gasteiger partial charge in [0.2, 0.25) is 15.9 Å². The monoisotopic (exact) mass is 489 g/mol. The molecule has 0 saturated carbocycles. The number of unbranched alkanes of at least 4 members (excludes halogenated alkanes) is 1. The lowest BCUT2D eigenvalue weighted by molar-refractivity contribution is -0.122. The van der Waals surface area contributed by atoms with Gasteiger partial charge in [-0.05, 0) is 61.8 Å². The van der Waals surface area contributed by atoms with Crippen LogP contribution in [0.3, 0.4) is 0 Å². The number of likely N-dealkylation sites (tertiary alicyclic amines) is 1. The van der Waals surface area contributed by atoms with E-state index in [0.717, 1.165) is 44.1 Å². The number of halogens is 1. The fraction of sp³-hybridized carbons (Fsp3) is 0.500. The molecular weight excluding hydrogens is 453 g/mol. The minimum atomic E-state index is -4.21. The largest absolute Gasteiger partial charge is 0.355 e. The van der Waals surface area contributed by atoms with Gasteiger partial charge in [0.25, 0.3) is 0 Å². The number of carbonyl (C=O) groups excluding carboxylic acids is 1. The second-order valence-corrected chi connectivity index (χ2v) is 11.2. The summed E-state index contributed by atoms with van der Waals surface area (Å²) in [4.78, 5) is 15.0. The van der Waals surface area contributed by atoms with Gasteiger partial charge in [-0.2, -0.15) is 4.72 Å². The summed E-state index contributed by atoms with van der Waals surface area (Å²) < 4.78 is 42.2. The molecule has 1 aliphatic rings. The summed E-state index contributed by atoms with van der Waals surface area (Å²) >= 11 is 0. The van der Waals surface area contributed by atoms with Crippen LogP contribution in [0.2, 0.25) is 0 Å². The van der Waals surface area contributed by atoms with Gasteiger partial charge in [-0.1, -0.05) is 56.3 Å². The molecule has 3 rings (SSSR count). The predicted octanol–water partition coefficient (Wildman–Crippen LogP) is 3.59. The lowest BCUT2D eigenvalue weighted by Crippen LogP contribution is -2.48. The number of hydrogen-bond acceptors (Lipinski definition) is 4. The zero-order valence-corrected chi connectivity index (χ0v) is 20.9. The smallest absolute Gasteiger partial charge is 0.244 e. The molecule has 1 fully saturated rings. The van der Waals surface area contributed by atoms with Crippen LogP contribution in [0, 0.1) is 17.7 Å². The summed E-state index contributed by atoms with van der Waals surface area (Å²) in [6.07, 6.45) is 3.22. The van der Waals surface area contributed by atoms with Gasteiger partial charge in [0, 0.05) is 19.6 Å². The number of benzene rings is 2. The Morgan fingerprint density at radius 1 is 1.03 bits per heavy atom. The number of rotatable bonds is 11. The van der Waals surface area contributed by atoms with Crippen LogP contribution in [0.1, 0.15) is 38.7 Å². The summed E-state index contributed by atoms with van der Waals surface area (Å²) in [5.41, 5.74) is 0.812. The van der Waals surface area contributed by atoms with Crippen LogP contribution in [0.4, 0.5) is 4.39 Å². The molecule has 8 heteroatoms. The molecular formula is C26H36FN3O3S. The molecule has 2 N–H and O–H groups in total. The second kappa shape index (κ2) is 12.4. The van der Waals surface area contributed by atoms with Crippen molar-refractivity contribution in [3.05, 3.63) is 66.0 Å². The standard InChI is InChI=1S/C26H36FN3O3S/c1-20-16-21(2)19-30(18-20)15-9-8-14-28-26(31)24(17-22-10-4-3-5-11-22)29-34(32,33)25-13-7-6-12-23(25)27/h3-7,10-13,20-21,24,29H,8-9,14-19H2,1-2H3,(H,28,31). The van der Waals surface area contributed by atoms with E-state index in [-0.39, 0.29) is 6.42 Å². The van der Waals surface area contributed by atoms with Crippen LogP contribution < -0.4 is 10.0 Å². The first-order valence-corrected chi connectivity index (χ1v) is 13.5. The molecule has 1 amide bonds. The minimum absolute atomic E-state index is 0.171. The first-order valence-electron chi connectivity index (χ1n) is 12.1. The first-order chi connectivity index (χ1) is 16.2. The fourth-order valence-corrected chi connectivity index (χ4v) is 6.00. The van der Waals surface area contributed by atoms with Gasteiger partial charge in [-0.25, -0.2) is 12.8 Å². The highest BCUT2D eigenvalue weighted by Gasteiger charge is 2.28. The number of carbonyl (C=O) groups is 1. The average Bonchev–Trinajstić information content (AvgIpc) is 2.78. The molecule has 0 bridgehead atoms. The summed E-state index contributed by atoms with van der Waals surface area (Å²) in [6, 6.07) is 13.3. The van der Waals surface area contributed by atoms with E-state index in [2.05, 4.69) is 28.8 Å². The SMILES string of the molecule is CC1CC(C)CN(CCCCNC(=O)C(Cc2ccccc2)NS(=O)(=O)c2ccccc2F)C1. The van der Waals surface area contributed by atoms with Gasteiger partial charge in [0.05, 0.1) is 0 Å². The number of sulfonamides is 1. The summed E-state index contributed by atoms with van der Waals surface area (Å²) in [6.45, 7) is 8.28. The summed E-state index contributed by atoms with van der Waals surface area (Å²) in [5, 5.41) is 2.87. The fourth-order valence-electron chi connectivity index (χ4n) is 4.72. The number of piperidine rings is 1. The molecule has 2 aromatic rings. The maximum absolute atomic E-state index is 14.1. The summed E-state index contributed by atoms with van der Waals surface area (Å²) in [5.74, 6) is 0.161. The highest BCUT2D eigenvalue weighted by atomic mass is 32.2. The highest BCUT2D eigenvalue weighted by Crippen LogP contribution is 2.21. The van der Waals surface area contributed by atoms with Gasteiger partial charge in [0.1, 0.15) is 16.8 Å². The Morgan fingerprint density at radius 3 is 2.35 bits per heavy atom. The molecule has 2 aromatic carbocycles. The molecule has 1 saturated heterocycles. The van der Waals surface area contributed by atoms with Crippen molar-refractivity contribution in [3.8, 4) is 0 Å². The van der Waals surface area contributed by atoms with Gasteiger partial charge in [-0.3, -0.25) is 4.79 Å². The number of nitrogens with one attached hydrogen (secondary N) is 2. The number of amides is 1. The number of hydrogen-bond donors (Lipinski definition) is 2. The van der Waals surface area contributed by atoms with Gasteiger partial charge in [0.15, 0.2) is 0 Å². The zero-order valence-electron chi connectivity index (χ0n) is 20.0. The van der Waals surface area contributed by atoms with E-state index in [4.69, 9.17) is 0 Å². The molecule has 3 unspecified atom stereocenters.